The fraction of sp³-hybridized carbons (Fsp3) is 0.867. The smallest absolute Gasteiger partial charge is 0.310 e. The van der Waals surface area contributed by atoms with Crippen LogP contribution in [-0.2, 0) is 9.59 Å². The third-order valence-corrected chi connectivity index (χ3v) is 12.9. The summed E-state index contributed by atoms with van der Waals surface area (Å²) in [6.45, 7) is 15.9. The Morgan fingerprint density at radius 3 is 2.23 bits per heavy atom. The summed E-state index contributed by atoms with van der Waals surface area (Å²) in [4.78, 5) is 37.7. The van der Waals surface area contributed by atoms with Crippen LogP contribution in [0.25, 0.3) is 0 Å². The molecule has 0 bridgehead atoms. The molecule has 0 aromatic rings. The number of ketones is 1. The van der Waals surface area contributed by atoms with Crippen LogP contribution < -0.4 is 0 Å². The lowest BCUT2D eigenvalue weighted by molar-refractivity contribution is -0.191. The summed E-state index contributed by atoms with van der Waals surface area (Å²) < 4.78 is 0. The number of carbonyl (C=O) groups excluding carboxylic acids is 1. The van der Waals surface area contributed by atoms with Crippen molar-refractivity contribution in [2.75, 3.05) is 0 Å². The molecule has 5 nitrogen and oxygen atoms in total. The number of nitroso groups, excluding NO2 is 1. The molecule has 0 aromatic heterocycles. The minimum atomic E-state index is -0.753. The molecule has 4 fully saturated rings. The van der Waals surface area contributed by atoms with Gasteiger partial charge in [0.1, 0.15) is 0 Å². The number of nitrogens with zero attached hydrogens (tertiary/aromatic N) is 1. The van der Waals surface area contributed by atoms with Crippen LogP contribution in [0.2, 0.25) is 0 Å². The number of aliphatic carboxylic acids is 1. The van der Waals surface area contributed by atoms with E-state index in [2.05, 4.69) is 45.9 Å². The van der Waals surface area contributed by atoms with Crippen LogP contribution in [-0.4, -0.2) is 22.9 Å². The zero-order chi connectivity index (χ0) is 25.8. The van der Waals surface area contributed by atoms with E-state index >= 15 is 0 Å². The van der Waals surface area contributed by atoms with E-state index in [1.165, 1.54) is 5.57 Å². The molecule has 1 N–H and O–H groups in total. The van der Waals surface area contributed by atoms with Gasteiger partial charge in [-0.05, 0) is 97.2 Å². The molecular formula is C30H45NO4. The standard InChI is InChI=1S/C30H45NO4/c1-25(2)12-14-30(24(33)34)15-13-28(6)18(19(30)16-25)8-9-22-27(5)17-20(31-35)23(32)26(3,4)21(27)10-11-29(22,28)7/h8,19-22H,9-17H2,1-7H3,(H,33,34)/t19-,20?,21-,22+,27-,28+,29+,30-/m0/s1. The van der Waals surface area contributed by atoms with Gasteiger partial charge in [-0.3, -0.25) is 9.59 Å². The first-order valence-corrected chi connectivity index (χ1v) is 13.9. The molecule has 0 spiro atoms. The molecule has 5 heteroatoms. The Bertz CT molecular complexity index is 1010. The Balaban J connectivity index is 1.62. The molecule has 8 atom stereocenters. The Hall–Kier alpha value is -1.52. The van der Waals surface area contributed by atoms with Crippen LogP contribution in [0, 0.1) is 55.2 Å². The van der Waals surface area contributed by atoms with Gasteiger partial charge in [0.05, 0.1) is 5.41 Å². The van der Waals surface area contributed by atoms with Crippen molar-refractivity contribution in [3.63, 3.8) is 0 Å². The lowest BCUT2D eigenvalue weighted by atomic mass is 9.33. The molecule has 0 aliphatic heterocycles. The molecule has 194 valence electrons. The van der Waals surface area contributed by atoms with E-state index in [9.17, 15) is 19.6 Å². The maximum Gasteiger partial charge on any atom is 0.310 e. The average molecular weight is 484 g/mol. The highest BCUT2D eigenvalue weighted by Gasteiger charge is 2.70. The lowest BCUT2D eigenvalue weighted by Crippen LogP contribution is -2.66. The van der Waals surface area contributed by atoms with E-state index in [0.29, 0.717) is 12.3 Å². The molecule has 0 radical (unpaired) electrons. The number of allylic oxidation sites excluding steroid dienone is 2. The Morgan fingerprint density at radius 1 is 0.943 bits per heavy atom. The maximum absolute atomic E-state index is 13.2. The molecule has 0 saturated heterocycles. The summed E-state index contributed by atoms with van der Waals surface area (Å²) in [5.41, 5.74) is 0.209. The van der Waals surface area contributed by atoms with E-state index in [1.807, 2.05) is 13.8 Å². The second-order valence-corrected chi connectivity index (χ2v) is 15.1. The summed E-state index contributed by atoms with van der Waals surface area (Å²) in [6.07, 6.45) is 10.3. The first-order valence-electron chi connectivity index (χ1n) is 13.9. The van der Waals surface area contributed by atoms with E-state index in [1.54, 1.807) is 0 Å². The molecule has 0 heterocycles. The topological polar surface area (TPSA) is 83.8 Å². The van der Waals surface area contributed by atoms with E-state index < -0.39 is 22.8 Å². The number of carboxylic acids is 1. The first-order chi connectivity index (χ1) is 16.1. The van der Waals surface area contributed by atoms with Gasteiger partial charge in [0.2, 0.25) is 0 Å². The van der Waals surface area contributed by atoms with Gasteiger partial charge in [0.15, 0.2) is 11.8 Å². The van der Waals surface area contributed by atoms with Gasteiger partial charge in [-0.25, -0.2) is 0 Å². The van der Waals surface area contributed by atoms with Gasteiger partial charge in [-0.15, -0.1) is 0 Å². The van der Waals surface area contributed by atoms with Crippen molar-refractivity contribution in [1.29, 1.82) is 0 Å². The van der Waals surface area contributed by atoms with Crippen LogP contribution in [0.4, 0.5) is 0 Å². The highest BCUT2D eigenvalue weighted by atomic mass is 16.4. The number of carbonyl (C=O) groups is 2. The number of rotatable bonds is 2. The maximum atomic E-state index is 13.2. The van der Waals surface area contributed by atoms with Crippen molar-refractivity contribution >= 4 is 11.8 Å². The number of Topliss-reactive ketones (excluding diaryl/α,β-unsaturated/α-hetero) is 1. The molecule has 4 saturated carbocycles. The summed E-state index contributed by atoms with van der Waals surface area (Å²) in [6, 6.07) is -0.753. The number of carboxylic acid groups (broad SMARTS) is 1. The highest BCUT2D eigenvalue weighted by molar-refractivity contribution is 5.90. The Labute approximate surface area is 210 Å². The van der Waals surface area contributed by atoms with E-state index in [0.717, 1.165) is 51.4 Å². The molecule has 5 aliphatic carbocycles. The lowest BCUT2D eigenvalue weighted by Gasteiger charge is -2.70. The van der Waals surface area contributed by atoms with Gasteiger partial charge in [-0.2, -0.15) is 4.91 Å². The average Bonchev–Trinajstić information content (AvgIpc) is 2.76. The summed E-state index contributed by atoms with van der Waals surface area (Å²) in [7, 11) is 0. The SMILES string of the molecule is CC1(C)CC[C@]2(C(=O)O)CC[C@]3(C)C(=CC[C@@H]4[C@@]5(C)CC(N=O)C(=O)C(C)(C)[C@@H]5CC[C@]43C)[C@@H]2C1. The summed E-state index contributed by atoms with van der Waals surface area (Å²) in [5.74, 6) is 0.113. The van der Waals surface area contributed by atoms with Crippen LogP contribution in [0.1, 0.15) is 106 Å². The first kappa shape index (κ1) is 25.1. The van der Waals surface area contributed by atoms with Crippen molar-refractivity contribution in [1.82, 2.24) is 0 Å². The fourth-order valence-electron chi connectivity index (χ4n) is 10.7. The largest absolute Gasteiger partial charge is 0.481 e. The zero-order valence-electron chi connectivity index (χ0n) is 22.9. The molecular weight excluding hydrogens is 438 g/mol. The van der Waals surface area contributed by atoms with Crippen molar-refractivity contribution in [2.45, 2.75) is 112 Å². The van der Waals surface area contributed by atoms with Crippen molar-refractivity contribution in [3.8, 4) is 0 Å². The van der Waals surface area contributed by atoms with Crippen LogP contribution in [0.5, 0.6) is 0 Å². The minimum Gasteiger partial charge on any atom is -0.481 e. The zero-order valence-corrected chi connectivity index (χ0v) is 22.9. The van der Waals surface area contributed by atoms with Crippen molar-refractivity contribution in [3.05, 3.63) is 16.6 Å². The van der Waals surface area contributed by atoms with Gasteiger partial charge < -0.3 is 5.11 Å². The minimum absolute atomic E-state index is 0.0124. The van der Waals surface area contributed by atoms with Gasteiger partial charge in [0.25, 0.3) is 0 Å². The second kappa shape index (κ2) is 7.28. The second-order valence-electron chi connectivity index (χ2n) is 15.1. The third kappa shape index (κ3) is 2.99. The normalized spacial score (nSPS) is 50.0. The number of fused-ring (bicyclic) bond motifs is 7. The van der Waals surface area contributed by atoms with Crippen LogP contribution >= 0.6 is 0 Å². The molecule has 0 amide bonds. The summed E-state index contributed by atoms with van der Waals surface area (Å²) in [5, 5.41) is 13.8. The molecule has 35 heavy (non-hydrogen) atoms. The third-order valence-electron chi connectivity index (χ3n) is 12.9. The van der Waals surface area contributed by atoms with E-state index in [4.69, 9.17) is 0 Å². The Morgan fingerprint density at radius 2 is 1.60 bits per heavy atom. The molecule has 5 rings (SSSR count). The molecule has 1 unspecified atom stereocenters. The quantitative estimate of drug-likeness (QED) is 0.333. The number of hydrogen-bond donors (Lipinski definition) is 1. The molecule has 5 aliphatic rings. The predicted octanol–water partition coefficient (Wildman–Crippen LogP) is 7.19. The van der Waals surface area contributed by atoms with Gasteiger partial charge in [-0.1, -0.05) is 65.3 Å². The van der Waals surface area contributed by atoms with Gasteiger partial charge >= 0.3 is 5.97 Å². The fourth-order valence-corrected chi connectivity index (χ4v) is 10.7. The number of hydrogen-bond acceptors (Lipinski definition) is 4. The van der Waals surface area contributed by atoms with Crippen LogP contribution in [0.3, 0.4) is 0 Å². The monoisotopic (exact) mass is 483 g/mol. The van der Waals surface area contributed by atoms with E-state index in [-0.39, 0.29) is 39.3 Å². The Kier molecular flexibility index (Phi) is 5.23. The molecule has 0 aromatic carbocycles. The van der Waals surface area contributed by atoms with Gasteiger partial charge in [0, 0.05) is 5.41 Å². The van der Waals surface area contributed by atoms with Crippen molar-refractivity contribution < 1.29 is 14.7 Å². The summed E-state index contributed by atoms with van der Waals surface area (Å²) >= 11 is 0. The predicted molar refractivity (Wildman–Crippen MR) is 137 cm³/mol. The van der Waals surface area contributed by atoms with Crippen molar-refractivity contribution in [2.24, 2.45) is 55.4 Å². The highest BCUT2D eigenvalue weighted by Crippen LogP contribution is 2.75. The van der Waals surface area contributed by atoms with Crippen LogP contribution in [0.15, 0.2) is 16.8 Å².